The topological polar surface area (TPSA) is 95.0 Å². The van der Waals surface area contributed by atoms with Gasteiger partial charge in [-0.15, -0.1) is 0 Å². The van der Waals surface area contributed by atoms with Gasteiger partial charge in [0.15, 0.2) is 11.6 Å². The van der Waals surface area contributed by atoms with E-state index in [1.54, 1.807) is 6.20 Å². The van der Waals surface area contributed by atoms with E-state index in [4.69, 9.17) is 9.84 Å². The van der Waals surface area contributed by atoms with Crippen molar-refractivity contribution in [2.24, 2.45) is 5.92 Å². The van der Waals surface area contributed by atoms with E-state index in [1.165, 1.54) is 11.0 Å². The lowest BCUT2D eigenvalue weighted by Crippen LogP contribution is -2.46. The van der Waals surface area contributed by atoms with E-state index in [0.717, 1.165) is 0 Å². The minimum atomic E-state index is -0.882. The lowest BCUT2D eigenvalue weighted by atomic mass is 9.99. The van der Waals surface area contributed by atoms with Crippen molar-refractivity contribution in [3.63, 3.8) is 0 Å². The molecular formula is C17H23FN4O4. The molecular weight excluding hydrogens is 343 g/mol. The third kappa shape index (κ3) is 4.40. The maximum Gasteiger partial charge on any atom is 0.317 e. The maximum absolute atomic E-state index is 14.3. The molecule has 0 spiro atoms. The normalized spacial score (nSPS) is 20.7. The fourth-order valence-electron chi connectivity index (χ4n) is 3.23. The molecule has 1 atom stereocenters. The Hall–Kier alpha value is -2.42. The first kappa shape index (κ1) is 18.4. The van der Waals surface area contributed by atoms with Gasteiger partial charge in [-0.25, -0.2) is 14.2 Å². The number of morpholine rings is 1. The summed E-state index contributed by atoms with van der Waals surface area (Å²) < 4.78 is 19.6. The molecule has 3 rings (SSSR count). The number of aliphatic carboxylic acids is 1. The smallest absolute Gasteiger partial charge is 0.317 e. The molecule has 142 valence electrons. The SMILES string of the molecule is O=C(O)C1CCCN(C(=O)NCc2cnc(N3CCOCC3)c(F)c2)C1. The molecule has 2 aliphatic heterocycles. The van der Waals surface area contributed by atoms with Gasteiger partial charge in [0.05, 0.1) is 19.1 Å². The number of carbonyl (C=O) groups is 2. The second-order valence-corrected chi connectivity index (χ2v) is 6.53. The Bertz CT molecular complexity index is 666. The highest BCUT2D eigenvalue weighted by Gasteiger charge is 2.28. The number of carbonyl (C=O) groups excluding carboxylic acids is 1. The molecule has 9 heteroatoms. The van der Waals surface area contributed by atoms with Gasteiger partial charge in [-0.1, -0.05) is 0 Å². The van der Waals surface area contributed by atoms with Crippen LogP contribution >= 0.6 is 0 Å². The van der Waals surface area contributed by atoms with Crippen LogP contribution in [0.15, 0.2) is 12.3 Å². The average molecular weight is 366 g/mol. The van der Waals surface area contributed by atoms with E-state index in [2.05, 4.69) is 10.3 Å². The number of likely N-dealkylation sites (tertiary alicyclic amines) is 1. The van der Waals surface area contributed by atoms with E-state index in [1.807, 2.05) is 4.90 Å². The zero-order valence-electron chi connectivity index (χ0n) is 14.5. The molecule has 0 radical (unpaired) electrons. The number of amides is 2. The minimum Gasteiger partial charge on any atom is -0.481 e. The van der Waals surface area contributed by atoms with Gasteiger partial charge < -0.3 is 25.0 Å². The number of carboxylic acids is 1. The summed E-state index contributed by atoms with van der Waals surface area (Å²) in [5, 5.41) is 11.8. The monoisotopic (exact) mass is 366 g/mol. The molecule has 1 unspecified atom stereocenters. The number of ether oxygens (including phenoxy) is 1. The second-order valence-electron chi connectivity index (χ2n) is 6.53. The summed E-state index contributed by atoms with van der Waals surface area (Å²) in [5.41, 5.74) is 0.555. The van der Waals surface area contributed by atoms with Gasteiger partial charge in [0.2, 0.25) is 0 Å². The number of anilines is 1. The number of nitrogens with one attached hydrogen (secondary N) is 1. The van der Waals surface area contributed by atoms with Crippen molar-refractivity contribution in [2.45, 2.75) is 19.4 Å². The molecule has 0 aromatic carbocycles. The Morgan fingerprint density at radius 3 is 2.81 bits per heavy atom. The Balaban J connectivity index is 1.55. The highest BCUT2D eigenvalue weighted by molar-refractivity contribution is 5.76. The number of hydrogen-bond donors (Lipinski definition) is 2. The van der Waals surface area contributed by atoms with E-state index < -0.39 is 17.7 Å². The number of urea groups is 1. The molecule has 1 aromatic heterocycles. The molecule has 2 N–H and O–H groups in total. The van der Waals surface area contributed by atoms with Crippen LogP contribution < -0.4 is 10.2 Å². The van der Waals surface area contributed by atoms with Gasteiger partial charge in [0.1, 0.15) is 0 Å². The van der Waals surface area contributed by atoms with Crippen LogP contribution in [0.3, 0.4) is 0 Å². The molecule has 8 nitrogen and oxygen atoms in total. The van der Waals surface area contributed by atoms with Gasteiger partial charge in [-0.3, -0.25) is 4.79 Å². The predicted molar refractivity (Wildman–Crippen MR) is 91.4 cm³/mol. The Morgan fingerprint density at radius 2 is 2.12 bits per heavy atom. The third-order valence-electron chi connectivity index (χ3n) is 4.69. The molecule has 26 heavy (non-hydrogen) atoms. The number of carboxylic acid groups (broad SMARTS) is 1. The second kappa shape index (κ2) is 8.31. The van der Waals surface area contributed by atoms with Crippen LogP contribution in [0.1, 0.15) is 18.4 Å². The van der Waals surface area contributed by atoms with Crippen LogP contribution in [-0.4, -0.2) is 66.4 Å². The number of piperidine rings is 1. The van der Waals surface area contributed by atoms with Gasteiger partial charge in [0, 0.05) is 38.9 Å². The number of rotatable bonds is 4. The molecule has 2 saturated heterocycles. The fraction of sp³-hybridized carbons (Fsp3) is 0.588. The highest BCUT2D eigenvalue weighted by atomic mass is 19.1. The van der Waals surface area contributed by atoms with Crippen molar-refractivity contribution in [3.8, 4) is 0 Å². The Morgan fingerprint density at radius 1 is 1.35 bits per heavy atom. The number of hydrogen-bond acceptors (Lipinski definition) is 5. The van der Waals surface area contributed by atoms with Crippen LogP contribution in [0.2, 0.25) is 0 Å². The Kier molecular flexibility index (Phi) is 5.87. The average Bonchev–Trinajstić information content (AvgIpc) is 2.67. The predicted octanol–water partition coefficient (Wildman–Crippen LogP) is 1.06. The maximum atomic E-state index is 14.3. The van der Waals surface area contributed by atoms with Crippen molar-refractivity contribution in [1.29, 1.82) is 0 Å². The molecule has 2 amide bonds. The molecule has 0 saturated carbocycles. The highest BCUT2D eigenvalue weighted by Crippen LogP contribution is 2.19. The summed E-state index contributed by atoms with van der Waals surface area (Å²) in [6, 6.07) is 1.03. The molecule has 0 aliphatic carbocycles. The van der Waals surface area contributed by atoms with Gasteiger partial charge >= 0.3 is 12.0 Å². The Labute approximate surface area is 150 Å². The number of aromatic nitrogens is 1. The van der Waals surface area contributed by atoms with E-state index in [-0.39, 0.29) is 19.1 Å². The standard InChI is InChI=1S/C17H23FN4O4/c18-14-8-12(9-19-15(14)21-4-6-26-7-5-21)10-20-17(25)22-3-1-2-13(11-22)16(23)24/h8-9,13H,1-7,10-11H2,(H,20,25)(H,23,24). The first-order chi connectivity index (χ1) is 12.5. The van der Waals surface area contributed by atoms with Crippen LogP contribution in [0.25, 0.3) is 0 Å². The largest absolute Gasteiger partial charge is 0.481 e. The summed E-state index contributed by atoms with van der Waals surface area (Å²) in [7, 11) is 0. The molecule has 2 aliphatic rings. The van der Waals surface area contributed by atoms with Crippen LogP contribution in [-0.2, 0) is 16.1 Å². The summed E-state index contributed by atoms with van der Waals surface area (Å²) >= 11 is 0. The third-order valence-corrected chi connectivity index (χ3v) is 4.69. The molecule has 2 fully saturated rings. The lowest BCUT2D eigenvalue weighted by molar-refractivity contribution is -0.143. The van der Waals surface area contributed by atoms with Gasteiger partial charge in [-0.05, 0) is 24.5 Å². The van der Waals surface area contributed by atoms with Crippen molar-refractivity contribution < 1.29 is 23.8 Å². The quantitative estimate of drug-likeness (QED) is 0.828. The van der Waals surface area contributed by atoms with Crippen molar-refractivity contribution >= 4 is 17.8 Å². The van der Waals surface area contributed by atoms with E-state index in [0.29, 0.717) is 57.1 Å². The van der Waals surface area contributed by atoms with Gasteiger partial charge in [-0.2, -0.15) is 0 Å². The van der Waals surface area contributed by atoms with E-state index >= 15 is 0 Å². The zero-order valence-corrected chi connectivity index (χ0v) is 14.5. The summed E-state index contributed by atoms with van der Waals surface area (Å²) in [5.74, 6) is -1.54. The van der Waals surface area contributed by atoms with Crippen LogP contribution in [0.4, 0.5) is 15.0 Å². The van der Waals surface area contributed by atoms with Crippen molar-refractivity contribution in [3.05, 3.63) is 23.6 Å². The number of pyridine rings is 1. The number of nitrogens with zero attached hydrogens (tertiary/aromatic N) is 3. The molecule has 3 heterocycles. The minimum absolute atomic E-state index is 0.139. The summed E-state index contributed by atoms with van der Waals surface area (Å²) in [6.45, 7) is 3.15. The van der Waals surface area contributed by atoms with Crippen molar-refractivity contribution in [2.75, 3.05) is 44.3 Å². The van der Waals surface area contributed by atoms with Crippen LogP contribution in [0.5, 0.6) is 0 Å². The first-order valence-corrected chi connectivity index (χ1v) is 8.77. The molecule has 0 bridgehead atoms. The first-order valence-electron chi connectivity index (χ1n) is 8.77. The molecule has 1 aromatic rings. The zero-order chi connectivity index (χ0) is 18.5. The summed E-state index contributed by atoms with van der Waals surface area (Å²) in [4.78, 5) is 30.8. The number of halogens is 1. The van der Waals surface area contributed by atoms with Crippen LogP contribution in [0, 0.1) is 11.7 Å². The fourth-order valence-corrected chi connectivity index (χ4v) is 3.23. The summed E-state index contributed by atoms with van der Waals surface area (Å²) in [6.07, 6.45) is 2.79. The lowest BCUT2D eigenvalue weighted by Gasteiger charge is -2.30. The van der Waals surface area contributed by atoms with E-state index in [9.17, 15) is 14.0 Å². The van der Waals surface area contributed by atoms with Gasteiger partial charge in [0.25, 0.3) is 0 Å². The van der Waals surface area contributed by atoms with Crippen molar-refractivity contribution in [1.82, 2.24) is 15.2 Å².